The number of rotatable bonds is 8. The number of anilines is 1. The van der Waals surface area contributed by atoms with Gasteiger partial charge in [0.15, 0.2) is 0 Å². The van der Waals surface area contributed by atoms with Crippen molar-refractivity contribution in [3.63, 3.8) is 0 Å². The Morgan fingerprint density at radius 3 is 2.20 bits per heavy atom. The lowest BCUT2D eigenvalue weighted by Gasteiger charge is -2.21. The summed E-state index contributed by atoms with van der Waals surface area (Å²) in [5.74, 6) is -1.10. The maximum Gasteiger partial charge on any atom is 0.411 e. The zero-order chi connectivity index (χ0) is 24.4. The highest BCUT2D eigenvalue weighted by molar-refractivity contribution is 5.97. The number of fused-ring (bicyclic) bond motifs is 3. The summed E-state index contributed by atoms with van der Waals surface area (Å²) in [6, 6.07) is 22.7. The normalized spacial score (nSPS) is 14.1. The minimum Gasteiger partial charge on any atom is -0.480 e. The Labute approximate surface area is 203 Å². The van der Waals surface area contributed by atoms with Gasteiger partial charge in [-0.25, -0.2) is 4.79 Å². The number of hydrogen-bond donors (Lipinski definition) is 2. The lowest BCUT2D eigenvalue weighted by Crippen LogP contribution is -2.37. The van der Waals surface area contributed by atoms with E-state index in [1.165, 1.54) is 4.90 Å². The van der Waals surface area contributed by atoms with Crippen LogP contribution in [0, 0.1) is 5.92 Å². The molecule has 7 nitrogen and oxygen atoms in total. The Balaban J connectivity index is 1.24. The van der Waals surface area contributed by atoms with E-state index in [4.69, 9.17) is 4.74 Å². The standard InChI is InChI=1S/C28H26N2O5/c31-26(32)16-30(15-18-12-13-18)27(33)19-6-5-7-20(14-19)29-28(34)35-17-25-23-10-3-1-8-21(23)22-9-2-4-11-24(22)25/h1-11,14,18,25H,12-13,15-17H2,(H,29,34)(H,31,32). The Morgan fingerprint density at radius 1 is 0.914 bits per heavy atom. The lowest BCUT2D eigenvalue weighted by molar-refractivity contribution is -0.137. The summed E-state index contributed by atoms with van der Waals surface area (Å²) in [5, 5.41) is 11.9. The predicted molar refractivity (Wildman–Crippen MR) is 131 cm³/mol. The maximum absolute atomic E-state index is 12.9. The number of hydrogen-bond acceptors (Lipinski definition) is 4. The number of carboxylic acids is 1. The number of aliphatic carboxylic acids is 1. The van der Waals surface area contributed by atoms with E-state index in [1.807, 2.05) is 24.3 Å². The molecule has 3 aromatic carbocycles. The number of nitrogens with one attached hydrogen (secondary N) is 1. The molecule has 1 fully saturated rings. The molecular weight excluding hydrogens is 444 g/mol. The van der Waals surface area contributed by atoms with Crippen molar-refractivity contribution >= 4 is 23.7 Å². The Bertz CT molecular complexity index is 1240. The fourth-order valence-electron chi connectivity index (χ4n) is 4.66. The second-order valence-corrected chi connectivity index (χ2v) is 9.05. The number of carbonyl (C=O) groups is 3. The van der Waals surface area contributed by atoms with E-state index in [2.05, 4.69) is 29.6 Å². The fourth-order valence-corrected chi connectivity index (χ4v) is 4.66. The van der Waals surface area contributed by atoms with Crippen molar-refractivity contribution in [3.8, 4) is 11.1 Å². The van der Waals surface area contributed by atoms with Gasteiger partial charge >= 0.3 is 12.1 Å². The first-order valence-corrected chi connectivity index (χ1v) is 11.7. The lowest BCUT2D eigenvalue weighted by atomic mass is 9.98. The van der Waals surface area contributed by atoms with Crippen molar-refractivity contribution in [2.24, 2.45) is 5.92 Å². The molecule has 1 saturated carbocycles. The van der Waals surface area contributed by atoms with Gasteiger partial charge in [0.2, 0.25) is 0 Å². The van der Waals surface area contributed by atoms with E-state index in [9.17, 15) is 19.5 Å². The SMILES string of the molecule is O=C(O)CN(CC1CC1)C(=O)c1cccc(NC(=O)OCC2c3ccccc3-c3ccccc32)c1. The summed E-state index contributed by atoms with van der Waals surface area (Å²) in [7, 11) is 0. The van der Waals surface area contributed by atoms with Gasteiger partial charge in [0.25, 0.3) is 5.91 Å². The van der Waals surface area contributed by atoms with Gasteiger partial charge in [-0.15, -0.1) is 0 Å². The summed E-state index contributed by atoms with van der Waals surface area (Å²) in [5.41, 5.74) is 5.30. The molecule has 35 heavy (non-hydrogen) atoms. The number of amides is 2. The van der Waals surface area contributed by atoms with Gasteiger partial charge in [-0.2, -0.15) is 0 Å². The van der Waals surface area contributed by atoms with Crippen LogP contribution in [0.3, 0.4) is 0 Å². The van der Waals surface area contributed by atoms with E-state index >= 15 is 0 Å². The molecule has 2 amide bonds. The summed E-state index contributed by atoms with van der Waals surface area (Å²) in [4.78, 5) is 38.1. The Kier molecular flexibility index (Phi) is 6.23. The van der Waals surface area contributed by atoms with Crippen LogP contribution < -0.4 is 5.32 Å². The van der Waals surface area contributed by atoms with Crippen LogP contribution in [0.25, 0.3) is 11.1 Å². The smallest absolute Gasteiger partial charge is 0.411 e. The second-order valence-electron chi connectivity index (χ2n) is 9.05. The predicted octanol–water partition coefficient (Wildman–Crippen LogP) is 4.98. The average Bonchev–Trinajstić information content (AvgIpc) is 3.62. The van der Waals surface area contributed by atoms with Crippen LogP contribution in [0.1, 0.15) is 40.2 Å². The number of nitrogens with zero attached hydrogens (tertiary/aromatic N) is 1. The van der Waals surface area contributed by atoms with Crippen molar-refractivity contribution in [1.82, 2.24) is 4.90 Å². The summed E-state index contributed by atoms with van der Waals surface area (Å²) in [6.45, 7) is 0.265. The molecular formula is C28H26N2O5. The molecule has 0 aromatic heterocycles. The molecule has 2 N–H and O–H groups in total. The maximum atomic E-state index is 12.9. The zero-order valence-electron chi connectivity index (χ0n) is 19.1. The summed E-state index contributed by atoms with van der Waals surface area (Å²) < 4.78 is 5.58. The largest absolute Gasteiger partial charge is 0.480 e. The molecule has 0 atom stereocenters. The van der Waals surface area contributed by atoms with E-state index in [0.717, 1.165) is 35.1 Å². The summed E-state index contributed by atoms with van der Waals surface area (Å²) in [6.07, 6.45) is 1.40. The molecule has 0 spiro atoms. The van der Waals surface area contributed by atoms with Crippen LogP contribution in [0.15, 0.2) is 72.8 Å². The number of ether oxygens (including phenoxy) is 1. The third-order valence-electron chi connectivity index (χ3n) is 6.49. The molecule has 5 rings (SSSR count). The molecule has 0 radical (unpaired) electrons. The average molecular weight is 471 g/mol. The quantitative estimate of drug-likeness (QED) is 0.484. The van der Waals surface area contributed by atoms with Crippen molar-refractivity contribution in [1.29, 1.82) is 0 Å². The van der Waals surface area contributed by atoms with Crippen molar-refractivity contribution in [2.45, 2.75) is 18.8 Å². The molecule has 2 aliphatic carbocycles. The second kappa shape index (κ2) is 9.62. The van der Waals surface area contributed by atoms with Gasteiger partial charge in [-0.1, -0.05) is 54.6 Å². The van der Waals surface area contributed by atoms with E-state index in [1.54, 1.807) is 24.3 Å². The molecule has 0 aliphatic heterocycles. The van der Waals surface area contributed by atoms with E-state index < -0.39 is 12.1 Å². The van der Waals surface area contributed by atoms with Crippen molar-refractivity contribution < 1.29 is 24.2 Å². The van der Waals surface area contributed by atoms with Gasteiger partial charge < -0.3 is 14.7 Å². The third kappa shape index (κ3) is 5.04. The van der Waals surface area contributed by atoms with Crippen LogP contribution in [-0.2, 0) is 9.53 Å². The van der Waals surface area contributed by atoms with Crippen LogP contribution >= 0.6 is 0 Å². The molecule has 7 heteroatoms. The molecule has 0 bridgehead atoms. The van der Waals surface area contributed by atoms with E-state index in [0.29, 0.717) is 23.7 Å². The minimum absolute atomic E-state index is 0.0481. The van der Waals surface area contributed by atoms with Gasteiger partial charge in [-0.05, 0) is 59.2 Å². The zero-order valence-corrected chi connectivity index (χ0v) is 19.1. The number of carboxylic acid groups (broad SMARTS) is 1. The monoisotopic (exact) mass is 470 g/mol. The highest BCUT2D eigenvalue weighted by Crippen LogP contribution is 2.44. The minimum atomic E-state index is -1.05. The van der Waals surface area contributed by atoms with Crippen LogP contribution in [0.5, 0.6) is 0 Å². The van der Waals surface area contributed by atoms with Gasteiger partial charge in [0, 0.05) is 23.7 Å². The number of benzene rings is 3. The van der Waals surface area contributed by atoms with Crippen molar-refractivity contribution in [2.75, 3.05) is 25.0 Å². The Morgan fingerprint density at radius 2 is 1.57 bits per heavy atom. The Hall–Kier alpha value is -4.13. The molecule has 0 heterocycles. The van der Waals surface area contributed by atoms with Crippen LogP contribution in [-0.4, -0.2) is 47.7 Å². The number of carbonyl (C=O) groups excluding carboxylic acids is 2. The van der Waals surface area contributed by atoms with E-state index in [-0.39, 0.29) is 25.0 Å². The highest BCUT2D eigenvalue weighted by atomic mass is 16.5. The topological polar surface area (TPSA) is 95.9 Å². The first-order valence-electron chi connectivity index (χ1n) is 11.7. The molecule has 0 saturated heterocycles. The van der Waals surface area contributed by atoms with Crippen LogP contribution in [0.4, 0.5) is 10.5 Å². The van der Waals surface area contributed by atoms with Gasteiger partial charge in [0.05, 0.1) is 0 Å². The van der Waals surface area contributed by atoms with Gasteiger partial charge in [-0.3, -0.25) is 14.9 Å². The molecule has 0 unspecified atom stereocenters. The first kappa shape index (κ1) is 22.7. The highest BCUT2D eigenvalue weighted by Gasteiger charge is 2.30. The first-order chi connectivity index (χ1) is 17.0. The third-order valence-corrected chi connectivity index (χ3v) is 6.49. The molecule has 178 valence electrons. The fraction of sp³-hybridized carbons (Fsp3) is 0.250. The van der Waals surface area contributed by atoms with Gasteiger partial charge in [0.1, 0.15) is 13.2 Å². The van der Waals surface area contributed by atoms with Crippen molar-refractivity contribution in [3.05, 3.63) is 89.5 Å². The molecule has 3 aromatic rings. The summed E-state index contributed by atoms with van der Waals surface area (Å²) >= 11 is 0. The molecule has 2 aliphatic rings. The van der Waals surface area contributed by atoms with Crippen LogP contribution in [0.2, 0.25) is 0 Å².